The molecule has 156 valence electrons. The molecule has 0 atom stereocenters. The molecular formula is C22H19N5O4. The largest absolute Gasteiger partial charge is 0.398 e. The second-order valence-electron chi connectivity index (χ2n) is 7.16. The second kappa shape index (κ2) is 7.86. The van der Waals surface area contributed by atoms with Gasteiger partial charge in [0.05, 0.1) is 17.0 Å². The fourth-order valence-corrected chi connectivity index (χ4v) is 3.53. The van der Waals surface area contributed by atoms with Crippen LogP contribution in [0.1, 0.15) is 15.9 Å². The lowest BCUT2D eigenvalue weighted by molar-refractivity contribution is -0.389. The molecule has 0 unspecified atom stereocenters. The van der Waals surface area contributed by atoms with E-state index >= 15 is 0 Å². The number of anilines is 1. The Kier molecular flexibility index (Phi) is 5.08. The Balaban J connectivity index is 1.75. The molecule has 0 fully saturated rings. The molecular weight excluding hydrogens is 398 g/mol. The number of nitro groups is 1. The van der Waals surface area contributed by atoms with Crippen LogP contribution in [0, 0.1) is 10.1 Å². The Morgan fingerprint density at radius 2 is 2.06 bits per heavy atom. The number of likely N-dealkylation sites (N-methyl/N-ethyl adjacent to an activating group) is 1. The summed E-state index contributed by atoms with van der Waals surface area (Å²) < 4.78 is 1.40. The highest BCUT2D eigenvalue weighted by atomic mass is 16.6. The van der Waals surface area contributed by atoms with Gasteiger partial charge < -0.3 is 20.3 Å². The van der Waals surface area contributed by atoms with Crippen LogP contribution in [0.5, 0.6) is 0 Å². The van der Waals surface area contributed by atoms with Crippen molar-refractivity contribution in [2.45, 2.75) is 6.42 Å². The van der Waals surface area contributed by atoms with Gasteiger partial charge in [0.15, 0.2) is 0 Å². The lowest BCUT2D eigenvalue weighted by atomic mass is 9.95. The Bertz CT molecular complexity index is 1230. The van der Waals surface area contributed by atoms with Crippen molar-refractivity contribution in [2.24, 2.45) is 0 Å². The number of nitrogens with one attached hydrogen (secondary N) is 1. The lowest BCUT2D eigenvalue weighted by Crippen LogP contribution is -2.34. The minimum atomic E-state index is -0.534. The molecule has 0 radical (unpaired) electrons. The molecule has 0 spiro atoms. The minimum absolute atomic E-state index is 0.0589. The number of carbonyl (C=O) groups excluding carboxylic acids is 2. The van der Waals surface area contributed by atoms with E-state index in [0.29, 0.717) is 41.0 Å². The first-order valence-electron chi connectivity index (χ1n) is 9.54. The molecule has 1 aliphatic rings. The van der Waals surface area contributed by atoms with Gasteiger partial charge >= 0.3 is 5.82 Å². The molecule has 0 saturated carbocycles. The Morgan fingerprint density at radius 3 is 2.81 bits per heavy atom. The van der Waals surface area contributed by atoms with E-state index in [1.54, 1.807) is 54.5 Å². The van der Waals surface area contributed by atoms with Gasteiger partial charge in [0.25, 0.3) is 5.91 Å². The van der Waals surface area contributed by atoms with Gasteiger partial charge in [-0.25, -0.2) is 0 Å². The zero-order valence-electron chi connectivity index (χ0n) is 16.7. The lowest BCUT2D eigenvalue weighted by Gasteiger charge is -2.25. The molecule has 3 aromatic rings. The van der Waals surface area contributed by atoms with E-state index in [2.05, 4.69) is 17.0 Å². The molecule has 4 rings (SSSR count). The number of hydrogen-bond donors (Lipinski definition) is 1. The van der Waals surface area contributed by atoms with Crippen LogP contribution in [0.2, 0.25) is 0 Å². The zero-order valence-corrected chi connectivity index (χ0v) is 16.7. The van der Waals surface area contributed by atoms with Crippen LogP contribution in [0.25, 0.3) is 16.8 Å². The summed E-state index contributed by atoms with van der Waals surface area (Å²) in [7, 11) is 1.75. The molecule has 0 aliphatic carbocycles. The van der Waals surface area contributed by atoms with Gasteiger partial charge in [0.2, 0.25) is 5.91 Å². The Morgan fingerprint density at radius 1 is 1.26 bits per heavy atom. The summed E-state index contributed by atoms with van der Waals surface area (Å²) in [4.78, 5) is 36.7. The molecule has 1 aliphatic heterocycles. The number of aromatic nitrogens is 2. The fourth-order valence-electron chi connectivity index (χ4n) is 3.53. The van der Waals surface area contributed by atoms with Crippen LogP contribution < -0.4 is 5.32 Å². The standard InChI is InChI=1S/C22H19N5O4/c1-3-20(28)23-16-5-4-6-17(12-16)26-13-19(21(24-26)27(30)31)14-7-8-18-15(11-14)9-10-25(2)22(18)29/h3-8,11-13H,1,9-10H2,2H3,(H,23,28). The molecule has 1 N–H and O–H groups in total. The molecule has 2 aromatic carbocycles. The maximum Gasteiger partial charge on any atom is 0.398 e. The van der Waals surface area contributed by atoms with Crippen molar-refractivity contribution >= 4 is 23.3 Å². The van der Waals surface area contributed by atoms with Crippen molar-refractivity contribution in [1.82, 2.24) is 14.7 Å². The van der Waals surface area contributed by atoms with Crippen molar-refractivity contribution in [3.05, 3.63) is 82.6 Å². The quantitative estimate of drug-likeness (QED) is 0.389. The first-order chi connectivity index (χ1) is 14.9. The maximum absolute atomic E-state index is 12.3. The first-order valence-corrected chi connectivity index (χ1v) is 9.54. The van der Waals surface area contributed by atoms with Gasteiger partial charge in [0, 0.05) is 24.8 Å². The minimum Gasteiger partial charge on any atom is -0.358 e. The topological polar surface area (TPSA) is 110 Å². The van der Waals surface area contributed by atoms with E-state index in [0.717, 1.165) is 11.6 Å². The zero-order chi connectivity index (χ0) is 22.1. The molecule has 0 saturated heterocycles. The van der Waals surface area contributed by atoms with Crippen LogP contribution in [0.4, 0.5) is 11.5 Å². The fraction of sp³-hybridized carbons (Fsp3) is 0.136. The van der Waals surface area contributed by atoms with Gasteiger partial charge in [-0.05, 0) is 58.9 Å². The predicted octanol–water partition coefficient (Wildman–Crippen LogP) is 3.20. The van der Waals surface area contributed by atoms with Crippen molar-refractivity contribution in [3.63, 3.8) is 0 Å². The van der Waals surface area contributed by atoms with Crippen molar-refractivity contribution < 1.29 is 14.5 Å². The average Bonchev–Trinajstić information content (AvgIpc) is 3.22. The molecule has 2 amide bonds. The van der Waals surface area contributed by atoms with Crippen LogP contribution in [0.3, 0.4) is 0 Å². The summed E-state index contributed by atoms with van der Waals surface area (Å²) >= 11 is 0. The monoisotopic (exact) mass is 417 g/mol. The van der Waals surface area contributed by atoms with Gasteiger partial charge in [0.1, 0.15) is 5.56 Å². The van der Waals surface area contributed by atoms with Gasteiger partial charge in [-0.1, -0.05) is 18.7 Å². The number of carbonyl (C=O) groups is 2. The summed E-state index contributed by atoms with van der Waals surface area (Å²) in [5.41, 5.74) is 3.49. The van der Waals surface area contributed by atoms with Crippen LogP contribution in [-0.2, 0) is 11.2 Å². The second-order valence-corrected chi connectivity index (χ2v) is 7.16. The van der Waals surface area contributed by atoms with Crippen molar-refractivity contribution in [3.8, 4) is 16.8 Å². The molecule has 0 bridgehead atoms. The van der Waals surface area contributed by atoms with E-state index in [1.165, 1.54) is 4.68 Å². The molecule has 2 heterocycles. The molecule has 1 aromatic heterocycles. The van der Waals surface area contributed by atoms with Crippen LogP contribution >= 0.6 is 0 Å². The van der Waals surface area contributed by atoms with Gasteiger partial charge in [-0.15, -0.1) is 4.68 Å². The normalized spacial score (nSPS) is 12.9. The van der Waals surface area contributed by atoms with Crippen molar-refractivity contribution in [1.29, 1.82) is 0 Å². The first kappa shape index (κ1) is 20.0. The number of benzene rings is 2. The smallest absolute Gasteiger partial charge is 0.358 e. The van der Waals surface area contributed by atoms with E-state index in [9.17, 15) is 19.7 Å². The van der Waals surface area contributed by atoms with E-state index in [4.69, 9.17) is 0 Å². The third-order valence-corrected chi connectivity index (χ3v) is 5.14. The van der Waals surface area contributed by atoms with E-state index < -0.39 is 4.92 Å². The summed E-state index contributed by atoms with van der Waals surface area (Å²) in [6.45, 7) is 4.01. The summed E-state index contributed by atoms with van der Waals surface area (Å²) in [5, 5.41) is 18.5. The van der Waals surface area contributed by atoms with Crippen LogP contribution in [-0.4, -0.2) is 45.0 Å². The third-order valence-electron chi connectivity index (χ3n) is 5.14. The highest BCUT2D eigenvalue weighted by Gasteiger charge is 2.26. The Hall–Kier alpha value is -4.27. The van der Waals surface area contributed by atoms with Gasteiger partial charge in [-0.2, -0.15) is 0 Å². The van der Waals surface area contributed by atoms with Crippen LogP contribution in [0.15, 0.2) is 61.3 Å². The predicted molar refractivity (Wildman–Crippen MR) is 115 cm³/mol. The summed E-state index contributed by atoms with van der Waals surface area (Å²) in [6.07, 6.45) is 3.41. The van der Waals surface area contributed by atoms with Gasteiger partial charge in [-0.3, -0.25) is 9.59 Å². The van der Waals surface area contributed by atoms with Crippen molar-refractivity contribution in [2.75, 3.05) is 18.9 Å². The molecule has 9 nitrogen and oxygen atoms in total. The molecule has 9 heteroatoms. The third kappa shape index (κ3) is 3.80. The highest BCUT2D eigenvalue weighted by Crippen LogP contribution is 2.32. The SMILES string of the molecule is C=CC(=O)Nc1cccc(-n2cc(-c3ccc4c(c3)CCN(C)C4=O)c([N+](=O)[O-])n2)c1. The number of rotatable bonds is 5. The maximum atomic E-state index is 12.3. The Labute approximate surface area is 177 Å². The number of fused-ring (bicyclic) bond motifs is 1. The number of nitrogens with zero attached hydrogens (tertiary/aromatic N) is 4. The highest BCUT2D eigenvalue weighted by molar-refractivity contribution is 5.99. The van der Waals surface area contributed by atoms with E-state index in [1.807, 2.05) is 6.07 Å². The number of hydrogen-bond acceptors (Lipinski definition) is 5. The molecule has 31 heavy (non-hydrogen) atoms. The number of amides is 2. The summed E-state index contributed by atoms with van der Waals surface area (Å²) in [5.74, 6) is -0.713. The average molecular weight is 417 g/mol. The van der Waals surface area contributed by atoms with E-state index in [-0.39, 0.29) is 17.6 Å². The summed E-state index contributed by atoms with van der Waals surface area (Å²) in [6, 6.07) is 12.0.